The van der Waals surface area contributed by atoms with Crippen LogP contribution >= 0.6 is 0 Å². The maximum Gasteiger partial charge on any atom is 0.264 e. The number of methoxy groups -OCH3 is 1. The van der Waals surface area contributed by atoms with E-state index in [0.717, 1.165) is 0 Å². The van der Waals surface area contributed by atoms with Crippen molar-refractivity contribution in [2.24, 2.45) is 5.73 Å². The number of amides is 2. The van der Waals surface area contributed by atoms with Gasteiger partial charge in [0.1, 0.15) is 5.75 Å². The molecule has 1 aliphatic rings. The van der Waals surface area contributed by atoms with E-state index in [2.05, 4.69) is 5.32 Å². The maximum atomic E-state index is 11.9. The van der Waals surface area contributed by atoms with Gasteiger partial charge in [-0.25, -0.2) is 0 Å². The van der Waals surface area contributed by atoms with Crippen LogP contribution in [0.25, 0.3) is 0 Å². The van der Waals surface area contributed by atoms with Crippen molar-refractivity contribution in [1.82, 2.24) is 0 Å². The molecule has 0 aromatic heterocycles. The zero-order chi connectivity index (χ0) is 15.4. The van der Waals surface area contributed by atoms with Crippen LogP contribution in [0.3, 0.4) is 0 Å². The molecule has 1 heterocycles. The zero-order valence-electron chi connectivity index (χ0n) is 12.1. The van der Waals surface area contributed by atoms with Crippen molar-refractivity contribution < 1.29 is 19.1 Å². The topological polar surface area (TPSA) is 93.9 Å². The third-order valence-corrected chi connectivity index (χ3v) is 3.34. The lowest BCUT2D eigenvalue weighted by Crippen LogP contribution is -2.35. The van der Waals surface area contributed by atoms with Crippen molar-refractivity contribution in [2.75, 3.05) is 37.5 Å². The summed E-state index contributed by atoms with van der Waals surface area (Å²) in [7, 11) is 3.19. The molecule has 1 aliphatic heterocycles. The van der Waals surface area contributed by atoms with Crippen molar-refractivity contribution in [2.45, 2.75) is 12.5 Å². The second kappa shape index (κ2) is 6.55. The summed E-state index contributed by atoms with van der Waals surface area (Å²) in [5, 5.41) is 2.76. The quantitative estimate of drug-likeness (QED) is 0.816. The van der Waals surface area contributed by atoms with E-state index in [0.29, 0.717) is 17.1 Å². The Kier molecular flexibility index (Phi) is 4.77. The van der Waals surface area contributed by atoms with Crippen LogP contribution in [0.15, 0.2) is 18.2 Å². The summed E-state index contributed by atoms with van der Waals surface area (Å²) in [6, 6.07) is 5.16. The van der Waals surface area contributed by atoms with E-state index in [1.165, 1.54) is 12.0 Å². The van der Waals surface area contributed by atoms with Gasteiger partial charge in [-0.3, -0.25) is 9.59 Å². The van der Waals surface area contributed by atoms with Crippen LogP contribution in [0, 0.1) is 0 Å². The van der Waals surface area contributed by atoms with E-state index >= 15 is 0 Å². The minimum Gasteiger partial charge on any atom is -0.482 e. The molecule has 0 bridgehead atoms. The Morgan fingerprint density at radius 3 is 3.00 bits per heavy atom. The Labute approximate surface area is 123 Å². The number of fused-ring (bicyclic) bond motifs is 1. The molecule has 2 rings (SSSR count). The van der Waals surface area contributed by atoms with E-state index in [1.807, 2.05) is 0 Å². The number of carbonyl (C=O) groups excluding carboxylic acids is 2. The number of nitrogens with two attached hydrogens (primary N) is 1. The van der Waals surface area contributed by atoms with Crippen LogP contribution in [0.5, 0.6) is 5.75 Å². The molecule has 114 valence electrons. The van der Waals surface area contributed by atoms with Gasteiger partial charge in [-0.1, -0.05) is 0 Å². The van der Waals surface area contributed by atoms with E-state index < -0.39 is 0 Å². The zero-order valence-corrected chi connectivity index (χ0v) is 12.1. The SMILES string of the molecule is COC(CN)CC(=O)Nc1ccc2c(c1)N(C)C(=O)CO2. The number of anilines is 2. The van der Waals surface area contributed by atoms with E-state index in [-0.39, 0.29) is 37.5 Å². The molecule has 0 radical (unpaired) electrons. The average molecular weight is 293 g/mol. The predicted molar refractivity (Wildman–Crippen MR) is 78.4 cm³/mol. The van der Waals surface area contributed by atoms with Crippen LogP contribution in [-0.4, -0.2) is 45.2 Å². The number of carbonyl (C=O) groups is 2. The molecule has 3 N–H and O–H groups in total. The first kappa shape index (κ1) is 15.3. The van der Waals surface area contributed by atoms with Crippen molar-refractivity contribution >= 4 is 23.2 Å². The first-order chi connectivity index (χ1) is 10.0. The fourth-order valence-electron chi connectivity index (χ4n) is 2.03. The van der Waals surface area contributed by atoms with Crippen molar-refractivity contribution in [3.8, 4) is 5.75 Å². The Hall–Kier alpha value is -2.12. The normalized spacial score (nSPS) is 15.2. The highest BCUT2D eigenvalue weighted by Gasteiger charge is 2.22. The van der Waals surface area contributed by atoms with Gasteiger partial charge in [0.05, 0.1) is 18.2 Å². The lowest BCUT2D eigenvalue weighted by atomic mass is 10.2. The summed E-state index contributed by atoms with van der Waals surface area (Å²) in [5.74, 6) is 0.290. The number of nitrogens with one attached hydrogen (secondary N) is 1. The van der Waals surface area contributed by atoms with Gasteiger partial charge in [0, 0.05) is 26.4 Å². The molecule has 1 atom stereocenters. The highest BCUT2D eigenvalue weighted by molar-refractivity contribution is 5.99. The van der Waals surface area contributed by atoms with Gasteiger partial charge in [0.25, 0.3) is 5.91 Å². The lowest BCUT2D eigenvalue weighted by Gasteiger charge is -2.26. The van der Waals surface area contributed by atoms with Crippen LogP contribution in [0.4, 0.5) is 11.4 Å². The summed E-state index contributed by atoms with van der Waals surface area (Å²) >= 11 is 0. The van der Waals surface area contributed by atoms with E-state index in [9.17, 15) is 9.59 Å². The van der Waals surface area contributed by atoms with Crippen LogP contribution in [0.2, 0.25) is 0 Å². The Bertz CT molecular complexity index is 543. The number of ether oxygens (including phenoxy) is 2. The number of rotatable bonds is 5. The van der Waals surface area contributed by atoms with Gasteiger partial charge in [-0.2, -0.15) is 0 Å². The Balaban J connectivity index is 2.08. The van der Waals surface area contributed by atoms with Gasteiger partial charge in [0.15, 0.2) is 6.61 Å². The number of benzene rings is 1. The average Bonchev–Trinajstić information content (AvgIpc) is 2.49. The summed E-state index contributed by atoms with van der Waals surface area (Å²) in [6.45, 7) is 0.306. The molecule has 21 heavy (non-hydrogen) atoms. The summed E-state index contributed by atoms with van der Waals surface area (Å²) in [5.41, 5.74) is 6.71. The summed E-state index contributed by atoms with van der Waals surface area (Å²) in [4.78, 5) is 25.0. The van der Waals surface area contributed by atoms with Crippen LogP contribution < -0.4 is 20.7 Å². The van der Waals surface area contributed by atoms with Crippen LogP contribution in [-0.2, 0) is 14.3 Å². The standard InChI is InChI=1S/C14H19N3O4/c1-17-11-5-9(3-4-12(11)21-8-14(17)19)16-13(18)6-10(7-15)20-2/h3-5,10H,6-8,15H2,1-2H3,(H,16,18). The molecule has 0 spiro atoms. The third kappa shape index (κ3) is 3.50. The molecule has 1 aromatic carbocycles. The molecule has 0 saturated carbocycles. The second-order valence-corrected chi connectivity index (χ2v) is 4.77. The molecule has 1 aromatic rings. The molecule has 7 heteroatoms. The maximum absolute atomic E-state index is 11.9. The monoisotopic (exact) mass is 293 g/mol. The van der Waals surface area contributed by atoms with E-state index in [1.54, 1.807) is 25.2 Å². The van der Waals surface area contributed by atoms with Crippen molar-refractivity contribution in [3.63, 3.8) is 0 Å². The van der Waals surface area contributed by atoms with Gasteiger partial charge in [-0.05, 0) is 18.2 Å². The molecule has 0 saturated heterocycles. The van der Waals surface area contributed by atoms with E-state index in [4.69, 9.17) is 15.2 Å². The molecule has 0 fully saturated rings. The Morgan fingerprint density at radius 1 is 1.57 bits per heavy atom. The minimum atomic E-state index is -0.310. The fourth-order valence-corrected chi connectivity index (χ4v) is 2.03. The predicted octanol–water partition coefficient (Wildman–Crippen LogP) is 0.344. The summed E-state index contributed by atoms with van der Waals surface area (Å²) in [6.07, 6.45) is -0.134. The minimum absolute atomic E-state index is 0.0290. The number of hydrogen-bond donors (Lipinski definition) is 2. The summed E-state index contributed by atoms with van der Waals surface area (Å²) < 4.78 is 10.4. The fraction of sp³-hybridized carbons (Fsp3) is 0.429. The molecular formula is C14H19N3O4. The van der Waals surface area contributed by atoms with Gasteiger partial charge in [0.2, 0.25) is 5.91 Å². The largest absolute Gasteiger partial charge is 0.482 e. The molecule has 0 aliphatic carbocycles. The van der Waals surface area contributed by atoms with Crippen molar-refractivity contribution in [3.05, 3.63) is 18.2 Å². The first-order valence-electron chi connectivity index (χ1n) is 6.61. The Morgan fingerprint density at radius 2 is 2.33 bits per heavy atom. The highest BCUT2D eigenvalue weighted by Crippen LogP contribution is 2.33. The third-order valence-electron chi connectivity index (χ3n) is 3.34. The smallest absolute Gasteiger partial charge is 0.264 e. The molecule has 2 amide bonds. The second-order valence-electron chi connectivity index (χ2n) is 4.77. The highest BCUT2D eigenvalue weighted by atomic mass is 16.5. The van der Waals surface area contributed by atoms with Gasteiger partial charge in [-0.15, -0.1) is 0 Å². The molecular weight excluding hydrogens is 274 g/mol. The number of likely N-dealkylation sites (N-methyl/N-ethyl adjacent to an activating group) is 1. The first-order valence-corrected chi connectivity index (χ1v) is 6.61. The molecule has 1 unspecified atom stereocenters. The number of nitrogens with zero attached hydrogens (tertiary/aromatic N) is 1. The molecule has 7 nitrogen and oxygen atoms in total. The number of hydrogen-bond acceptors (Lipinski definition) is 5. The lowest BCUT2D eigenvalue weighted by molar-refractivity contribution is -0.121. The van der Waals surface area contributed by atoms with Gasteiger partial charge < -0.3 is 25.4 Å². The van der Waals surface area contributed by atoms with Gasteiger partial charge >= 0.3 is 0 Å². The van der Waals surface area contributed by atoms with Crippen molar-refractivity contribution in [1.29, 1.82) is 0 Å². The van der Waals surface area contributed by atoms with Crippen LogP contribution in [0.1, 0.15) is 6.42 Å².